The van der Waals surface area contributed by atoms with E-state index in [1.54, 1.807) is 0 Å². The van der Waals surface area contributed by atoms with Crippen LogP contribution < -0.4 is 10.6 Å². The average molecular weight is 317 g/mol. The Kier molecular flexibility index (Phi) is 4.68. The first kappa shape index (κ1) is 15.0. The Balaban J connectivity index is 1.85. The van der Waals surface area contributed by atoms with Gasteiger partial charge in [-0.2, -0.15) is 0 Å². The van der Waals surface area contributed by atoms with Gasteiger partial charge in [-0.1, -0.05) is 43.2 Å². The van der Waals surface area contributed by atoms with Crippen LogP contribution in [0.2, 0.25) is 0 Å². The summed E-state index contributed by atoms with van der Waals surface area (Å²) in [5.74, 6) is 0.936. The highest BCUT2D eigenvalue weighted by Gasteiger charge is 2.14. The van der Waals surface area contributed by atoms with E-state index >= 15 is 0 Å². The molecule has 2 heterocycles. The molecule has 2 aromatic rings. The summed E-state index contributed by atoms with van der Waals surface area (Å²) in [7, 11) is 0. The fraction of sp³-hybridized carbons (Fsp3) is 0.353. The van der Waals surface area contributed by atoms with Gasteiger partial charge in [0.15, 0.2) is 0 Å². The average Bonchev–Trinajstić information content (AvgIpc) is 2.88. The van der Waals surface area contributed by atoms with Crippen LogP contribution in [-0.4, -0.2) is 22.1 Å². The Morgan fingerprint density at radius 3 is 3.00 bits per heavy atom. The van der Waals surface area contributed by atoms with Crippen LogP contribution in [0.15, 0.2) is 47.6 Å². The molecule has 1 aromatic carbocycles. The van der Waals surface area contributed by atoms with Crippen LogP contribution in [0.1, 0.15) is 19.8 Å². The molecule has 0 bridgehead atoms. The van der Waals surface area contributed by atoms with Crippen LogP contribution in [0.3, 0.4) is 0 Å². The lowest BCUT2D eigenvalue weighted by Gasteiger charge is -2.19. The third-order valence-corrected chi connectivity index (χ3v) is 4.01. The van der Waals surface area contributed by atoms with Crippen molar-refractivity contribution in [1.82, 2.24) is 14.9 Å². The molecule has 1 aliphatic rings. The van der Waals surface area contributed by atoms with E-state index < -0.39 is 0 Å². The minimum Gasteiger partial charge on any atom is -0.382 e. The number of benzene rings is 1. The molecule has 1 atom stereocenters. The summed E-state index contributed by atoms with van der Waals surface area (Å²) < 4.78 is 2.24. The number of imidazole rings is 1. The van der Waals surface area contributed by atoms with E-state index in [4.69, 9.17) is 16.6 Å². The molecule has 0 amide bonds. The SMILES string of the molecule is CCCCNc1nc2ccccc2n1CC1C=CC(Cl)=CN1. The van der Waals surface area contributed by atoms with E-state index in [2.05, 4.69) is 46.4 Å². The molecule has 2 N–H and O–H groups in total. The molecule has 0 saturated heterocycles. The highest BCUT2D eigenvalue weighted by molar-refractivity contribution is 6.31. The number of fused-ring (bicyclic) bond motifs is 1. The number of hydrogen-bond acceptors (Lipinski definition) is 3. The second-order valence-electron chi connectivity index (χ2n) is 5.48. The predicted octanol–water partition coefficient (Wildman–Crippen LogP) is 3.86. The highest BCUT2D eigenvalue weighted by atomic mass is 35.5. The second-order valence-corrected chi connectivity index (χ2v) is 5.91. The van der Waals surface area contributed by atoms with Crippen LogP contribution >= 0.6 is 11.6 Å². The smallest absolute Gasteiger partial charge is 0.203 e. The highest BCUT2D eigenvalue weighted by Crippen LogP contribution is 2.21. The van der Waals surface area contributed by atoms with E-state index in [9.17, 15) is 0 Å². The Hall–Kier alpha value is -1.94. The number of allylic oxidation sites excluding steroid dienone is 2. The van der Waals surface area contributed by atoms with Crippen molar-refractivity contribution in [2.45, 2.75) is 32.4 Å². The van der Waals surface area contributed by atoms with Crippen LogP contribution in [0.25, 0.3) is 11.0 Å². The zero-order chi connectivity index (χ0) is 15.4. The van der Waals surface area contributed by atoms with Gasteiger partial charge in [-0.3, -0.25) is 0 Å². The number of nitrogens with one attached hydrogen (secondary N) is 2. The third kappa shape index (κ3) is 3.28. The lowest BCUT2D eigenvalue weighted by Crippen LogP contribution is -2.29. The normalized spacial score (nSPS) is 17.4. The van der Waals surface area contributed by atoms with Crippen LogP contribution in [0.4, 0.5) is 5.95 Å². The van der Waals surface area contributed by atoms with E-state index in [1.165, 1.54) is 6.42 Å². The number of unbranched alkanes of at least 4 members (excludes halogenated alkanes) is 1. The molecule has 0 aliphatic carbocycles. The summed E-state index contributed by atoms with van der Waals surface area (Å²) in [6.45, 7) is 3.95. The Morgan fingerprint density at radius 1 is 1.36 bits per heavy atom. The molecule has 0 spiro atoms. The lowest BCUT2D eigenvalue weighted by molar-refractivity contribution is 0.581. The van der Waals surface area contributed by atoms with Gasteiger partial charge < -0.3 is 15.2 Å². The third-order valence-electron chi connectivity index (χ3n) is 3.77. The Morgan fingerprint density at radius 2 is 2.23 bits per heavy atom. The molecule has 1 aromatic heterocycles. The lowest BCUT2D eigenvalue weighted by atomic mass is 10.2. The first-order valence-electron chi connectivity index (χ1n) is 7.77. The van der Waals surface area contributed by atoms with Crippen molar-refractivity contribution in [3.8, 4) is 0 Å². The van der Waals surface area contributed by atoms with Crippen molar-refractivity contribution < 1.29 is 0 Å². The molecule has 116 valence electrons. The molecule has 0 fully saturated rings. The van der Waals surface area contributed by atoms with Gasteiger partial charge in [-0.15, -0.1) is 0 Å². The van der Waals surface area contributed by atoms with E-state index in [1.807, 2.05) is 18.3 Å². The summed E-state index contributed by atoms with van der Waals surface area (Å²) in [6, 6.07) is 8.46. The number of hydrogen-bond donors (Lipinski definition) is 2. The van der Waals surface area contributed by atoms with Crippen molar-refractivity contribution in [1.29, 1.82) is 0 Å². The van der Waals surface area contributed by atoms with Crippen molar-refractivity contribution in [2.24, 2.45) is 0 Å². The van der Waals surface area contributed by atoms with Gasteiger partial charge in [0.25, 0.3) is 0 Å². The fourth-order valence-electron chi connectivity index (χ4n) is 2.58. The molecule has 3 rings (SSSR count). The Labute approximate surface area is 135 Å². The van der Waals surface area contributed by atoms with Gasteiger partial charge in [0.2, 0.25) is 5.95 Å². The molecule has 0 saturated carbocycles. The van der Waals surface area contributed by atoms with Gasteiger partial charge >= 0.3 is 0 Å². The molecular weight excluding hydrogens is 296 g/mol. The Bertz CT molecular complexity index is 702. The molecular formula is C17H21ClN4. The predicted molar refractivity (Wildman–Crippen MR) is 93.1 cm³/mol. The summed E-state index contributed by atoms with van der Waals surface area (Å²) in [4.78, 5) is 4.72. The summed E-state index contributed by atoms with van der Waals surface area (Å²) in [6.07, 6.45) is 8.18. The first-order chi connectivity index (χ1) is 10.8. The number of anilines is 1. The van der Waals surface area contributed by atoms with Crippen molar-refractivity contribution in [3.63, 3.8) is 0 Å². The van der Waals surface area contributed by atoms with Crippen molar-refractivity contribution >= 4 is 28.6 Å². The maximum Gasteiger partial charge on any atom is 0.203 e. The topological polar surface area (TPSA) is 41.9 Å². The molecule has 1 unspecified atom stereocenters. The van der Waals surface area contributed by atoms with E-state index in [-0.39, 0.29) is 6.04 Å². The minimum atomic E-state index is 0.215. The largest absolute Gasteiger partial charge is 0.382 e. The number of halogens is 1. The first-order valence-corrected chi connectivity index (χ1v) is 8.15. The summed E-state index contributed by atoms with van der Waals surface area (Å²) >= 11 is 5.95. The number of aromatic nitrogens is 2. The maximum atomic E-state index is 5.95. The number of rotatable bonds is 6. The number of para-hydroxylation sites is 2. The van der Waals surface area contributed by atoms with Crippen LogP contribution in [0, 0.1) is 0 Å². The van der Waals surface area contributed by atoms with Gasteiger partial charge in [0, 0.05) is 19.3 Å². The van der Waals surface area contributed by atoms with Crippen molar-refractivity contribution in [3.05, 3.63) is 47.6 Å². The standard InChI is InChI=1S/C17H21ClN4/c1-2-3-10-19-17-21-15-6-4-5-7-16(15)22(17)12-14-9-8-13(18)11-20-14/h4-9,11,14,20H,2-3,10,12H2,1H3,(H,19,21). The second kappa shape index (κ2) is 6.88. The molecule has 1 aliphatic heterocycles. The molecule has 4 nitrogen and oxygen atoms in total. The molecule has 0 radical (unpaired) electrons. The number of dihydropyridines is 1. The monoisotopic (exact) mass is 316 g/mol. The quantitative estimate of drug-likeness (QED) is 0.795. The van der Waals surface area contributed by atoms with E-state index in [0.29, 0.717) is 0 Å². The number of nitrogens with zero attached hydrogens (tertiary/aromatic N) is 2. The fourth-order valence-corrected chi connectivity index (χ4v) is 2.72. The van der Waals surface area contributed by atoms with Crippen molar-refractivity contribution in [2.75, 3.05) is 11.9 Å². The molecule has 5 heteroatoms. The minimum absolute atomic E-state index is 0.215. The van der Waals surface area contributed by atoms with Gasteiger partial charge in [-0.05, 0) is 24.6 Å². The zero-order valence-electron chi connectivity index (χ0n) is 12.7. The van der Waals surface area contributed by atoms with Crippen LogP contribution in [-0.2, 0) is 6.54 Å². The van der Waals surface area contributed by atoms with E-state index in [0.717, 1.165) is 41.5 Å². The molecule has 22 heavy (non-hydrogen) atoms. The van der Waals surface area contributed by atoms with Gasteiger partial charge in [0.05, 0.1) is 22.1 Å². The van der Waals surface area contributed by atoms with Crippen LogP contribution in [0.5, 0.6) is 0 Å². The maximum absolute atomic E-state index is 5.95. The van der Waals surface area contributed by atoms with Gasteiger partial charge in [0.1, 0.15) is 0 Å². The zero-order valence-corrected chi connectivity index (χ0v) is 13.5. The summed E-state index contributed by atoms with van der Waals surface area (Å²) in [5.41, 5.74) is 2.17. The summed E-state index contributed by atoms with van der Waals surface area (Å²) in [5, 5.41) is 7.50. The van der Waals surface area contributed by atoms with Gasteiger partial charge in [-0.25, -0.2) is 4.98 Å².